The van der Waals surface area contributed by atoms with E-state index in [1.54, 1.807) is 12.3 Å². The molecule has 5 heteroatoms. The summed E-state index contributed by atoms with van der Waals surface area (Å²) in [6.07, 6.45) is 4.72. The van der Waals surface area contributed by atoms with Gasteiger partial charge in [-0.25, -0.2) is 9.78 Å². The molecule has 0 radical (unpaired) electrons. The molecule has 1 aliphatic heterocycles. The SMILES string of the molecule is O=C(Nc1ccc(OCc2ccccc2)nc1)N1CCCCc2ccccc21. The van der Waals surface area contributed by atoms with Gasteiger partial charge in [-0.3, -0.25) is 4.90 Å². The average Bonchev–Trinajstić information content (AvgIpc) is 2.97. The number of aromatic nitrogens is 1. The molecule has 0 saturated heterocycles. The minimum Gasteiger partial charge on any atom is -0.473 e. The van der Waals surface area contributed by atoms with E-state index < -0.39 is 0 Å². The lowest BCUT2D eigenvalue weighted by molar-refractivity contribution is 0.257. The number of benzene rings is 2. The number of anilines is 2. The number of carbonyl (C=O) groups excluding carboxylic acids is 1. The topological polar surface area (TPSA) is 54.5 Å². The highest BCUT2D eigenvalue weighted by molar-refractivity contribution is 6.02. The maximum atomic E-state index is 12.8. The normalized spacial score (nSPS) is 13.4. The number of hydrogen-bond donors (Lipinski definition) is 1. The summed E-state index contributed by atoms with van der Waals surface area (Å²) in [4.78, 5) is 19.0. The van der Waals surface area contributed by atoms with Gasteiger partial charge in [0.15, 0.2) is 0 Å². The van der Waals surface area contributed by atoms with Crippen LogP contribution in [-0.2, 0) is 13.0 Å². The van der Waals surface area contributed by atoms with Gasteiger partial charge in [0.05, 0.1) is 11.9 Å². The van der Waals surface area contributed by atoms with Crippen molar-refractivity contribution in [3.8, 4) is 5.88 Å². The van der Waals surface area contributed by atoms with Gasteiger partial charge < -0.3 is 10.1 Å². The molecular formula is C23H23N3O2. The largest absolute Gasteiger partial charge is 0.473 e. The molecule has 0 unspecified atom stereocenters. The number of amides is 2. The third kappa shape index (κ3) is 4.31. The Hall–Kier alpha value is -3.34. The van der Waals surface area contributed by atoms with Gasteiger partial charge in [0.1, 0.15) is 6.61 Å². The molecule has 4 rings (SSSR count). The second-order valence-electron chi connectivity index (χ2n) is 6.83. The van der Waals surface area contributed by atoms with Crippen LogP contribution in [0, 0.1) is 0 Å². The summed E-state index contributed by atoms with van der Waals surface area (Å²) in [7, 11) is 0. The number of urea groups is 1. The molecule has 0 bridgehead atoms. The smallest absolute Gasteiger partial charge is 0.326 e. The van der Waals surface area contributed by atoms with E-state index >= 15 is 0 Å². The van der Waals surface area contributed by atoms with Crippen LogP contribution in [0.15, 0.2) is 72.9 Å². The molecule has 0 atom stereocenters. The Bertz CT molecular complexity index is 926. The molecule has 3 aromatic rings. The highest BCUT2D eigenvalue weighted by Crippen LogP contribution is 2.26. The fraction of sp³-hybridized carbons (Fsp3) is 0.217. The monoisotopic (exact) mass is 373 g/mol. The molecule has 0 fully saturated rings. The molecule has 1 aromatic heterocycles. The molecule has 0 aliphatic carbocycles. The van der Waals surface area contributed by atoms with Crippen LogP contribution in [0.1, 0.15) is 24.0 Å². The number of para-hydroxylation sites is 1. The highest BCUT2D eigenvalue weighted by Gasteiger charge is 2.20. The van der Waals surface area contributed by atoms with Crippen LogP contribution in [0.2, 0.25) is 0 Å². The summed E-state index contributed by atoms with van der Waals surface area (Å²) in [6.45, 7) is 1.18. The Morgan fingerprint density at radius 1 is 1.00 bits per heavy atom. The fourth-order valence-electron chi connectivity index (χ4n) is 3.36. The number of ether oxygens (including phenoxy) is 1. The van der Waals surface area contributed by atoms with Gasteiger partial charge in [-0.05, 0) is 42.5 Å². The predicted octanol–water partition coefficient (Wildman–Crippen LogP) is 5.04. The van der Waals surface area contributed by atoms with E-state index in [0.717, 1.165) is 30.5 Å². The number of nitrogens with zero attached hydrogens (tertiary/aromatic N) is 2. The lowest BCUT2D eigenvalue weighted by Gasteiger charge is -2.23. The number of fused-ring (bicyclic) bond motifs is 1. The van der Waals surface area contributed by atoms with Crippen LogP contribution >= 0.6 is 0 Å². The molecule has 1 aliphatic rings. The Kier molecular flexibility index (Phi) is 5.52. The summed E-state index contributed by atoms with van der Waals surface area (Å²) in [5.74, 6) is 0.530. The first-order valence-corrected chi connectivity index (χ1v) is 9.59. The van der Waals surface area contributed by atoms with Crippen molar-refractivity contribution in [2.45, 2.75) is 25.9 Å². The zero-order valence-corrected chi connectivity index (χ0v) is 15.7. The summed E-state index contributed by atoms with van der Waals surface area (Å²) < 4.78 is 5.70. The van der Waals surface area contributed by atoms with Gasteiger partial charge in [-0.15, -0.1) is 0 Å². The van der Waals surface area contributed by atoms with E-state index in [-0.39, 0.29) is 6.03 Å². The second kappa shape index (κ2) is 8.57. The minimum atomic E-state index is -0.130. The molecule has 5 nitrogen and oxygen atoms in total. The van der Waals surface area contributed by atoms with Crippen molar-refractivity contribution in [3.63, 3.8) is 0 Å². The zero-order chi connectivity index (χ0) is 19.2. The molecule has 2 aromatic carbocycles. The van der Waals surface area contributed by atoms with Gasteiger partial charge in [-0.2, -0.15) is 0 Å². The number of rotatable bonds is 4. The highest BCUT2D eigenvalue weighted by atomic mass is 16.5. The van der Waals surface area contributed by atoms with Crippen molar-refractivity contribution >= 4 is 17.4 Å². The number of pyridine rings is 1. The lowest BCUT2D eigenvalue weighted by atomic mass is 10.1. The third-order valence-corrected chi connectivity index (χ3v) is 4.82. The predicted molar refractivity (Wildman–Crippen MR) is 111 cm³/mol. The molecular weight excluding hydrogens is 350 g/mol. The van der Waals surface area contributed by atoms with Crippen LogP contribution in [0.4, 0.5) is 16.2 Å². The van der Waals surface area contributed by atoms with Crippen molar-refractivity contribution in [1.29, 1.82) is 0 Å². The average molecular weight is 373 g/mol. The van der Waals surface area contributed by atoms with Gasteiger partial charge in [0, 0.05) is 18.3 Å². The second-order valence-corrected chi connectivity index (χ2v) is 6.83. The minimum absolute atomic E-state index is 0.130. The quantitative estimate of drug-likeness (QED) is 0.697. The molecule has 142 valence electrons. The van der Waals surface area contributed by atoms with Crippen LogP contribution in [0.25, 0.3) is 0 Å². The molecule has 0 saturated carbocycles. The van der Waals surface area contributed by atoms with Crippen molar-refractivity contribution in [2.75, 3.05) is 16.8 Å². The first-order valence-electron chi connectivity index (χ1n) is 9.59. The van der Waals surface area contributed by atoms with Crippen molar-refractivity contribution in [2.24, 2.45) is 0 Å². The summed E-state index contributed by atoms with van der Waals surface area (Å²) in [5, 5.41) is 2.95. The first kappa shape index (κ1) is 18.0. The van der Waals surface area contributed by atoms with Gasteiger partial charge >= 0.3 is 6.03 Å². The van der Waals surface area contributed by atoms with E-state index in [4.69, 9.17) is 4.74 Å². The van der Waals surface area contributed by atoms with Crippen LogP contribution < -0.4 is 15.0 Å². The van der Waals surface area contributed by atoms with Gasteiger partial charge in [0.25, 0.3) is 0 Å². The maximum absolute atomic E-state index is 12.8. The summed E-state index contributed by atoms with van der Waals surface area (Å²) in [6, 6.07) is 21.5. The maximum Gasteiger partial charge on any atom is 0.326 e. The zero-order valence-electron chi connectivity index (χ0n) is 15.7. The van der Waals surface area contributed by atoms with E-state index in [1.165, 1.54) is 5.56 Å². The number of nitrogens with one attached hydrogen (secondary N) is 1. The lowest BCUT2D eigenvalue weighted by Crippen LogP contribution is -2.35. The molecule has 0 spiro atoms. The third-order valence-electron chi connectivity index (χ3n) is 4.82. The standard InChI is InChI=1S/C23H23N3O2/c27-23(26-15-7-6-11-19-10-4-5-12-21(19)26)25-20-13-14-22(24-16-20)28-17-18-8-2-1-3-9-18/h1-5,8-10,12-14,16H,6-7,11,15,17H2,(H,25,27). The molecule has 28 heavy (non-hydrogen) atoms. The van der Waals surface area contributed by atoms with Crippen molar-refractivity contribution in [3.05, 3.63) is 84.1 Å². The molecule has 2 amide bonds. The molecule has 2 heterocycles. The number of hydrogen-bond acceptors (Lipinski definition) is 3. The van der Waals surface area contributed by atoms with Gasteiger partial charge in [-0.1, -0.05) is 48.5 Å². The van der Waals surface area contributed by atoms with E-state index in [9.17, 15) is 4.79 Å². The number of aryl methyl sites for hydroxylation is 1. The van der Waals surface area contributed by atoms with E-state index in [0.29, 0.717) is 24.7 Å². The van der Waals surface area contributed by atoms with Crippen molar-refractivity contribution < 1.29 is 9.53 Å². The fourth-order valence-corrected chi connectivity index (χ4v) is 3.36. The first-order chi connectivity index (χ1) is 13.8. The van der Waals surface area contributed by atoms with Gasteiger partial charge in [0.2, 0.25) is 5.88 Å². The van der Waals surface area contributed by atoms with Crippen molar-refractivity contribution in [1.82, 2.24) is 4.98 Å². The van der Waals surface area contributed by atoms with E-state index in [1.807, 2.05) is 59.5 Å². The Morgan fingerprint density at radius 2 is 1.82 bits per heavy atom. The Morgan fingerprint density at radius 3 is 2.64 bits per heavy atom. The van der Waals surface area contributed by atoms with E-state index in [2.05, 4.69) is 16.4 Å². The van der Waals surface area contributed by atoms with Crippen LogP contribution in [-0.4, -0.2) is 17.6 Å². The number of carbonyl (C=O) groups is 1. The summed E-state index contributed by atoms with van der Waals surface area (Å²) >= 11 is 0. The van der Waals surface area contributed by atoms with Crippen LogP contribution in [0.3, 0.4) is 0 Å². The Balaban J connectivity index is 1.39. The molecule has 1 N–H and O–H groups in total. The summed E-state index contributed by atoms with van der Waals surface area (Å²) in [5.41, 5.74) is 3.95. The van der Waals surface area contributed by atoms with Crippen LogP contribution in [0.5, 0.6) is 5.88 Å². The Labute approximate surface area is 165 Å².